The van der Waals surface area contributed by atoms with Gasteiger partial charge in [-0.2, -0.15) is 0 Å². The van der Waals surface area contributed by atoms with E-state index >= 15 is 0 Å². The molecule has 0 unspecified atom stereocenters. The zero-order valence-electron chi connectivity index (χ0n) is 8.88. The van der Waals surface area contributed by atoms with E-state index in [2.05, 4.69) is 17.3 Å². The maximum absolute atomic E-state index is 5.00. The van der Waals surface area contributed by atoms with E-state index in [9.17, 15) is 0 Å². The summed E-state index contributed by atoms with van der Waals surface area (Å²) in [6, 6.07) is 0.840. The predicted molar refractivity (Wildman–Crippen MR) is 55.0 cm³/mol. The fraction of sp³-hybridized carbons (Fsp3) is 1.00. The van der Waals surface area contributed by atoms with Gasteiger partial charge in [0, 0.05) is 39.4 Å². The smallest absolute Gasteiger partial charge is 0.0474 e. The molecule has 13 heavy (non-hydrogen) atoms. The van der Waals surface area contributed by atoms with Gasteiger partial charge in [-0.25, -0.2) is 0 Å². The molecule has 0 saturated heterocycles. The Morgan fingerprint density at radius 3 is 2.77 bits per heavy atom. The summed E-state index contributed by atoms with van der Waals surface area (Å²) in [5.41, 5.74) is 0. The molecular formula is C10H22N2O. The van der Waals surface area contributed by atoms with Crippen LogP contribution in [0, 0.1) is 0 Å². The first-order valence-corrected chi connectivity index (χ1v) is 5.24. The molecule has 3 nitrogen and oxygen atoms in total. The standard InChI is InChI=1S/C10H22N2O/c1-12(7-3-9-13-2)8-6-11-10-4-5-10/h10-11H,3-9H2,1-2H3. The molecule has 1 rings (SSSR count). The maximum atomic E-state index is 5.00. The van der Waals surface area contributed by atoms with Gasteiger partial charge in [-0.05, 0) is 26.3 Å². The lowest BCUT2D eigenvalue weighted by Crippen LogP contribution is -2.31. The second-order valence-corrected chi connectivity index (χ2v) is 3.88. The van der Waals surface area contributed by atoms with Crippen LogP contribution in [0.5, 0.6) is 0 Å². The minimum absolute atomic E-state index is 0.840. The van der Waals surface area contributed by atoms with Crippen molar-refractivity contribution in [2.45, 2.75) is 25.3 Å². The normalized spacial score (nSPS) is 16.8. The highest BCUT2D eigenvalue weighted by atomic mass is 16.5. The quantitative estimate of drug-likeness (QED) is 0.565. The second kappa shape index (κ2) is 6.35. The number of hydrogen-bond acceptors (Lipinski definition) is 3. The third kappa shape index (κ3) is 6.02. The Morgan fingerprint density at radius 1 is 1.38 bits per heavy atom. The highest BCUT2D eigenvalue weighted by Crippen LogP contribution is 2.17. The van der Waals surface area contributed by atoms with Gasteiger partial charge < -0.3 is 15.0 Å². The fourth-order valence-electron chi connectivity index (χ4n) is 1.34. The van der Waals surface area contributed by atoms with Gasteiger partial charge in [0.2, 0.25) is 0 Å². The van der Waals surface area contributed by atoms with Crippen LogP contribution in [0.1, 0.15) is 19.3 Å². The van der Waals surface area contributed by atoms with Crippen molar-refractivity contribution in [1.29, 1.82) is 0 Å². The lowest BCUT2D eigenvalue weighted by molar-refractivity contribution is 0.179. The summed E-state index contributed by atoms with van der Waals surface area (Å²) in [6.07, 6.45) is 3.90. The number of rotatable bonds is 8. The summed E-state index contributed by atoms with van der Waals surface area (Å²) in [6.45, 7) is 4.30. The summed E-state index contributed by atoms with van der Waals surface area (Å²) >= 11 is 0. The fourth-order valence-corrected chi connectivity index (χ4v) is 1.34. The van der Waals surface area contributed by atoms with E-state index in [1.54, 1.807) is 7.11 Å². The van der Waals surface area contributed by atoms with E-state index in [4.69, 9.17) is 4.74 Å². The largest absolute Gasteiger partial charge is 0.385 e. The van der Waals surface area contributed by atoms with Crippen molar-refractivity contribution in [1.82, 2.24) is 10.2 Å². The summed E-state index contributed by atoms with van der Waals surface area (Å²) < 4.78 is 5.00. The second-order valence-electron chi connectivity index (χ2n) is 3.88. The number of likely N-dealkylation sites (N-methyl/N-ethyl adjacent to an activating group) is 1. The molecule has 0 amide bonds. The lowest BCUT2D eigenvalue weighted by atomic mass is 10.4. The van der Waals surface area contributed by atoms with Gasteiger partial charge in [0.25, 0.3) is 0 Å². The molecule has 0 atom stereocenters. The Balaban J connectivity index is 1.81. The van der Waals surface area contributed by atoms with Crippen LogP contribution < -0.4 is 5.32 Å². The van der Waals surface area contributed by atoms with Crippen LogP contribution in [-0.2, 0) is 4.74 Å². The Kier molecular flexibility index (Phi) is 5.35. The Bertz CT molecular complexity index is 126. The van der Waals surface area contributed by atoms with Gasteiger partial charge in [0.1, 0.15) is 0 Å². The van der Waals surface area contributed by atoms with Crippen LogP contribution >= 0.6 is 0 Å². The first-order chi connectivity index (χ1) is 6.33. The van der Waals surface area contributed by atoms with E-state index in [0.29, 0.717) is 0 Å². The van der Waals surface area contributed by atoms with Crippen molar-refractivity contribution < 1.29 is 4.74 Å². The highest BCUT2D eigenvalue weighted by molar-refractivity contribution is 4.80. The number of nitrogens with one attached hydrogen (secondary N) is 1. The van der Waals surface area contributed by atoms with E-state index in [-0.39, 0.29) is 0 Å². The highest BCUT2D eigenvalue weighted by Gasteiger charge is 2.19. The third-order valence-corrected chi connectivity index (χ3v) is 2.39. The molecule has 0 spiro atoms. The van der Waals surface area contributed by atoms with Crippen LogP contribution in [0.25, 0.3) is 0 Å². The average Bonchev–Trinajstić information content (AvgIpc) is 2.89. The Morgan fingerprint density at radius 2 is 2.15 bits per heavy atom. The number of ether oxygens (including phenoxy) is 1. The molecule has 0 aliphatic heterocycles. The van der Waals surface area contributed by atoms with E-state index in [1.807, 2.05) is 0 Å². The van der Waals surface area contributed by atoms with E-state index in [0.717, 1.165) is 38.7 Å². The Labute approximate surface area is 81.4 Å². The molecule has 1 aliphatic carbocycles. The average molecular weight is 186 g/mol. The molecule has 1 aliphatic rings. The molecule has 0 radical (unpaired) electrons. The van der Waals surface area contributed by atoms with E-state index < -0.39 is 0 Å². The van der Waals surface area contributed by atoms with Crippen LogP contribution in [0.3, 0.4) is 0 Å². The zero-order chi connectivity index (χ0) is 9.52. The summed E-state index contributed by atoms with van der Waals surface area (Å²) in [5, 5.41) is 3.50. The van der Waals surface area contributed by atoms with Crippen molar-refractivity contribution in [2.75, 3.05) is 40.4 Å². The molecule has 1 N–H and O–H groups in total. The molecule has 1 fully saturated rings. The summed E-state index contributed by atoms with van der Waals surface area (Å²) in [5.74, 6) is 0. The molecule has 0 aromatic carbocycles. The zero-order valence-corrected chi connectivity index (χ0v) is 8.88. The molecule has 0 aromatic rings. The molecule has 0 bridgehead atoms. The van der Waals surface area contributed by atoms with Gasteiger partial charge >= 0.3 is 0 Å². The lowest BCUT2D eigenvalue weighted by Gasteiger charge is -2.16. The first-order valence-electron chi connectivity index (χ1n) is 5.24. The molecule has 1 saturated carbocycles. The van der Waals surface area contributed by atoms with E-state index in [1.165, 1.54) is 12.8 Å². The van der Waals surface area contributed by atoms with Crippen LogP contribution in [0.2, 0.25) is 0 Å². The first kappa shape index (κ1) is 11.0. The van der Waals surface area contributed by atoms with Gasteiger partial charge in [0.15, 0.2) is 0 Å². The van der Waals surface area contributed by atoms with Crippen molar-refractivity contribution in [2.24, 2.45) is 0 Å². The van der Waals surface area contributed by atoms with Gasteiger partial charge in [-0.3, -0.25) is 0 Å². The third-order valence-electron chi connectivity index (χ3n) is 2.39. The maximum Gasteiger partial charge on any atom is 0.0474 e. The molecule has 3 heteroatoms. The van der Waals surface area contributed by atoms with Crippen molar-refractivity contribution >= 4 is 0 Å². The SMILES string of the molecule is COCCCN(C)CCNC1CC1. The van der Waals surface area contributed by atoms with Crippen LogP contribution in [0.15, 0.2) is 0 Å². The van der Waals surface area contributed by atoms with Crippen molar-refractivity contribution in [3.63, 3.8) is 0 Å². The van der Waals surface area contributed by atoms with Crippen LogP contribution in [0.4, 0.5) is 0 Å². The molecular weight excluding hydrogens is 164 g/mol. The van der Waals surface area contributed by atoms with Crippen molar-refractivity contribution in [3.8, 4) is 0 Å². The number of methoxy groups -OCH3 is 1. The van der Waals surface area contributed by atoms with Gasteiger partial charge in [0.05, 0.1) is 0 Å². The predicted octanol–water partition coefficient (Wildman–Crippen LogP) is 0.707. The monoisotopic (exact) mass is 186 g/mol. The molecule has 78 valence electrons. The van der Waals surface area contributed by atoms with Gasteiger partial charge in [-0.1, -0.05) is 0 Å². The van der Waals surface area contributed by atoms with Crippen LogP contribution in [-0.4, -0.2) is 51.3 Å². The minimum atomic E-state index is 0.840. The molecule has 0 aromatic heterocycles. The van der Waals surface area contributed by atoms with Crippen molar-refractivity contribution in [3.05, 3.63) is 0 Å². The number of nitrogens with zero attached hydrogens (tertiary/aromatic N) is 1. The topological polar surface area (TPSA) is 24.5 Å². The van der Waals surface area contributed by atoms with Gasteiger partial charge in [-0.15, -0.1) is 0 Å². The summed E-state index contributed by atoms with van der Waals surface area (Å²) in [4.78, 5) is 2.36. The molecule has 0 heterocycles. The minimum Gasteiger partial charge on any atom is -0.385 e. The number of hydrogen-bond donors (Lipinski definition) is 1. The Hall–Kier alpha value is -0.120. The summed E-state index contributed by atoms with van der Waals surface area (Å²) in [7, 11) is 3.93.